The molecule has 3 N–H and O–H groups in total. The summed E-state index contributed by atoms with van der Waals surface area (Å²) in [5.41, 5.74) is 5.16. The Morgan fingerprint density at radius 2 is 1.76 bits per heavy atom. The van der Waals surface area contributed by atoms with Crippen molar-refractivity contribution in [1.29, 1.82) is 0 Å². The van der Waals surface area contributed by atoms with Crippen molar-refractivity contribution in [2.45, 2.75) is 65.2 Å². The molecule has 17 heavy (non-hydrogen) atoms. The zero-order chi connectivity index (χ0) is 12.9. The predicted molar refractivity (Wildman–Crippen MR) is 73.8 cm³/mol. The van der Waals surface area contributed by atoms with Crippen LogP contribution in [0.1, 0.15) is 65.2 Å². The van der Waals surface area contributed by atoms with Gasteiger partial charge in [0.25, 0.3) is 0 Å². The first-order valence-electron chi connectivity index (χ1n) is 7.19. The molecular weight excluding hydrogens is 212 g/mol. The van der Waals surface area contributed by atoms with Crippen molar-refractivity contribution in [2.24, 2.45) is 11.7 Å². The maximum atomic E-state index is 10.7. The molecule has 0 aromatic carbocycles. The first-order chi connectivity index (χ1) is 8.20. The highest BCUT2D eigenvalue weighted by Gasteiger charge is 2.08. The summed E-state index contributed by atoms with van der Waals surface area (Å²) in [5.74, 6) is 0.618. The maximum absolute atomic E-state index is 10.7. The summed E-state index contributed by atoms with van der Waals surface area (Å²) in [5, 5.41) is 3.43. The molecule has 0 bridgehead atoms. The molecule has 1 atom stereocenters. The Morgan fingerprint density at radius 3 is 2.35 bits per heavy atom. The lowest BCUT2D eigenvalue weighted by molar-refractivity contribution is -0.118. The number of primary amides is 1. The Bertz CT molecular complexity index is 183. The fourth-order valence-corrected chi connectivity index (χ4v) is 2.22. The van der Waals surface area contributed by atoms with Gasteiger partial charge in [-0.25, -0.2) is 0 Å². The highest BCUT2D eigenvalue weighted by Crippen LogP contribution is 2.19. The van der Waals surface area contributed by atoms with E-state index in [9.17, 15) is 4.79 Å². The van der Waals surface area contributed by atoms with E-state index >= 15 is 0 Å². The second-order valence-corrected chi connectivity index (χ2v) is 4.91. The van der Waals surface area contributed by atoms with E-state index in [-0.39, 0.29) is 5.91 Å². The van der Waals surface area contributed by atoms with Gasteiger partial charge in [-0.15, -0.1) is 0 Å². The highest BCUT2D eigenvalue weighted by atomic mass is 16.1. The Hall–Kier alpha value is -0.570. The summed E-state index contributed by atoms with van der Waals surface area (Å²) >= 11 is 0. The number of hydrogen-bond acceptors (Lipinski definition) is 2. The average molecular weight is 242 g/mol. The van der Waals surface area contributed by atoms with E-state index in [1.807, 2.05) is 0 Å². The number of amides is 1. The van der Waals surface area contributed by atoms with Crippen LogP contribution in [-0.4, -0.2) is 19.0 Å². The number of carbonyl (C=O) groups excluding carboxylic acids is 1. The number of nitrogens with two attached hydrogens (primary N) is 1. The predicted octanol–water partition coefficient (Wildman–Crippen LogP) is 2.84. The number of hydrogen-bond donors (Lipinski definition) is 2. The van der Waals surface area contributed by atoms with Crippen LogP contribution in [-0.2, 0) is 4.79 Å². The topological polar surface area (TPSA) is 55.1 Å². The number of nitrogens with one attached hydrogen (secondary N) is 1. The fraction of sp³-hybridized carbons (Fsp3) is 0.929. The minimum atomic E-state index is -0.162. The molecular formula is C14H30N2O. The molecule has 102 valence electrons. The SMILES string of the molecule is CCCNCCCC(CCC)CCCC(N)=O. The summed E-state index contributed by atoms with van der Waals surface area (Å²) < 4.78 is 0. The Kier molecular flexibility index (Phi) is 11.5. The third-order valence-electron chi connectivity index (χ3n) is 3.13. The quantitative estimate of drug-likeness (QED) is 0.517. The molecule has 0 aromatic rings. The standard InChI is InChI=1S/C14H30N2O/c1-3-7-13(8-5-10-14(15)17)9-6-12-16-11-4-2/h13,16H,3-12H2,1-2H3,(H2,15,17). The van der Waals surface area contributed by atoms with Crippen LogP contribution in [0.2, 0.25) is 0 Å². The molecule has 0 saturated carbocycles. The largest absolute Gasteiger partial charge is 0.370 e. The Balaban J connectivity index is 3.55. The van der Waals surface area contributed by atoms with E-state index < -0.39 is 0 Å². The molecule has 0 rings (SSSR count). The van der Waals surface area contributed by atoms with Crippen LogP contribution in [0, 0.1) is 5.92 Å². The van der Waals surface area contributed by atoms with E-state index in [0.717, 1.165) is 31.8 Å². The molecule has 0 aliphatic rings. The van der Waals surface area contributed by atoms with Crippen molar-refractivity contribution < 1.29 is 4.79 Å². The fourth-order valence-electron chi connectivity index (χ4n) is 2.22. The van der Waals surface area contributed by atoms with Gasteiger partial charge in [-0.3, -0.25) is 4.79 Å². The molecule has 0 aliphatic carbocycles. The van der Waals surface area contributed by atoms with Crippen molar-refractivity contribution in [2.75, 3.05) is 13.1 Å². The second-order valence-electron chi connectivity index (χ2n) is 4.91. The minimum Gasteiger partial charge on any atom is -0.370 e. The summed E-state index contributed by atoms with van der Waals surface area (Å²) in [6.45, 7) is 6.68. The summed E-state index contributed by atoms with van der Waals surface area (Å²) in [6, 6.07) is 0. The number of carbonyl (C=O) groups is 1. The summed E-state index contributed by atoms with van der Waals surface area (Å²) in [6.07, 6.45) is 8.93. The second kappa shape index (κ2) is 11.9. The summed E-state index contributed by atoms with van der Waals surface area (Å²) in [4.78, 5) is 10.7. The van der Waals surface area contributed by atoms with Gasteiger partial charge in [0.2, 0.25) is 5.91 Å². The van der Waals surface area contributed by atoms with Crippen LogP contribution >= 0.6 is 0 Å². The highest BCUT2D eigenvalue weighted by molar-refractivity contribution is 5.73. The van der Waals surface area contributed by atoms with Crippen LogP contribution in [0.5, 0.6) is 0 Å². The van der Waals surface area contributed by atoms with Crippen LogP contribution in [0.3, 0.4) is 0 Å². The molecule has 0 spiro atoms. The molecule has 0 aliphatic heterocycles. The molecule has 3 nitrogen and oxygen atoms in total. The van der Waals surface area contributed by atoms with E-state index in [4.69, 9.17) is 5.73 Å². The van der Waals surface area contributed by atoms with Gasteiger partial charge >= 0.3 is 0 Å². The monoisotopic (exact) mass is 242 g/mol. The molecule has 0 saturated heterocycles. The van der Waals surface area contributed by atoms with Crippen LogP contribution < -0.4 is 11.1 Å². The maximum Gasteiger partial charge on any atom is 0.217 e. The first kappa shape index (κ1) is 16.4. The van der Waals surface area contributed by atoms with Crippen molar-refractivity contribution in [3.05, 3.63) is 0 Å². The molecule has 1 unspecified atom stereocenters. The lowest BCUT2D eigenvalue weighted by Gasteiger charge is -2.15. The van der Waals surface area contributed by atoms with Gasteiger partial charge in [0.1, 0.15) is 0 Å². The lowest BCUT2D eigenvalue weighted by Crippen LogP contribution is -2.17. The third-order valence-corrected chi connectivity index (χ3v) is 3.13. The smallest absolute Gasteiger partial charge is 0.217 e. The lowest BCUT2D eigenvalue weighted by atomic mass is 9.92. The first-order valence-corrected chi connectivity index (χ1v) is 7.19. The van der Waals surface area contributed by atoms with E-state index in [1.165, 1.54) is 32.1 Å². The molecule has 0 aromatic heterocycles. The van der Waals surface area contributed by atoms with Crippen molar-refractivity contribution in [3.8, 4) is 0 Å². The van der Waals surface area contributed by atoms with Crippen molar-refractivity contribution in [1.82, 2.24) is 5.32 Å². The normalized spacial score (nSPS) is 12.6. The van der Waals surface area contributed by atoms with E-state index in [2.05, 4.69) is 19.2 Å². The molecule has 0 fully saturated rings. The van der Waals surface area contributed by atoms with Crippen molar-refractivity contribution >= 4 is 5.91 Å². The van der Waals surface area contributed by atoms with Crippen LogP contribution in [0.4, 0.5) is 0 Å². The van der Waals surface area contributed by atoms with Crippen LogP contribution in [0.15, 0.2) is 0 Å². The molecule has 1 amide bonds. The zero-order valence-electron chi connectivity index (χ0n) is 11.6. The van der Waals surface area contributed by atoms with Crippen LogP contribution in [0.25, 0.3) is 0 Å². The molecule has 3 heteroatoms. The van der Waals surface area contributed by atoms with Gasteiger partial charge in [-0.05, 0) is 51.1 Å². The minimum absolute atomic E-state index is 0.162. The van der Waals surface area contributed by atoms with E-state index in [1.54, 1.807) is 0 Å². The molecule has 0 radical (unpaired) electrons. The van der Waals surface area contributed by atoms with Crippen molar-refractivity contribution in [3.63, 3.8) is 0 Å². The molecule has 0 heterocycles. The van der Waals surface area contributed by atoms with E-state index in [0.29, 0.717) is 6.42 Å². The van der Waals surface area contributed by atoms with Gasteiger partial charge in [-0.2, -0.15) is 0 Å². The van der Waals surface area contributed by atoms with Gasteiger partial charge in [0, 0.05) is 6.42 Å². The zero-order valence-corrected chi connectivity index (χ0v) is 11.6. The van der Waals surface area contributed by atoms with Gasteiger partial charge in [-0.1, -0.05) is 26.7 Å². The third kappa shape index (κ3) is 11.7. The summed E-state index contributed by atoms with van der Waals surface area (Å²) in [7, 11) is 0. The van der Waals surface area contributed by atoms with Gasteiger partial charge in [0.05, 0.1) is 0 Å². The van der Waals surface area contributed by atoms with Gasteiger partial charge < -0.3 is 11.1 Å². The Morgan fingerprint density at radius 1 is 1.06 bits per heavy atom. The van der Waals surface area contributed by atoms with Gasteiger partial charge in [0.15, 0.2) is 0 Å². The average Bonchev–Trinajstić information content (AvgIpc) is 2.28. The number of rotatable bonds is 12. The Labute approximate surface area is 107 Å².